The number of rotatable bonds is 9. The molecule has 2 N–H and O–H groups in total. The Kier molecular flexibility index (Phi) is 8.44. The molecule has 0 fully saturated rings. The van der Waals surface area contributed by atoms with Gasteiger partial charge in [-0.05, 0) is 23.6 Å². The van der Waals surface area contributed by atoms with Gasteiger partial charge >= 0.3 is 0 Å². The van der Waals surface area contributed by atoms with Crippen LogP contribution in [0.1, 0.15) is 29.8 Å². The summed E-state index contributed by atoms with van der Waals surface area (Å²) >= 11 is 1.68. The Morgan fingerprint density at radius 3 is 2.25 bits per heavy atom. The first kappa shape index (κ1) is 21.9. The Morgan fingerprint density at radius 2 is 1.64 bits per heavy atom. The van der Waals surface area contributed by atoms with Crippen molar-refractivity contribution < 1.29 is 18.4 Å². The fourth-order valence-corrected chi connectivity index (χ4v) is 3.40. The topological polar surface area (TPSA) is 58.2 Å². The molecule has 0 unspecified atom stereocenters. The molecule has 2 aromatic rings. The highest BCUT2D eigenvalue weighted by molar-refractivity contribution is 7.98. The summed E-state index contributed by atoms with van der Waals surface area (Å²) in [7, 11) is 0. The van der Waals surface area contributed by atoms with Crippen molar-refractivity contribution in [2.24, 2.45) is 5.92 Å². The van der Waals surface area contributed by atoms with E-state index in [4.69, 9.17) is 0 Å². The van der Waals surface area contributed by atoms with E-state index in [1.807, 2.05) is 30.3 Å². The summed E-state index contributed by atoms with van der Waals surface area (Å²) in [4.78, 5) is 24.7. The maximum Gasteiger partial charge on any atom is 0.257 e. The predicted octanol–water partition coefficient (Wildman–Crippen LogP) is 3.77. The molecule has 0 heterocycles. The van der Waals surface area contributed by atoms with Crippen LogP contribution in [0.25, 0.3) is 0 Å². The van der Waals surface area contributed by atoms with Crippen molar-refractivity contribution in [2.75, 3.05) is 12.3 Å². The Morgan fingerprint density at radius 1 is 1.00 bits per heavy atom. The molecule has 0 aliphatic rings. The van der Waals surface area contributed by atoms with Crippen molar-refractivity contribution in [3.63, 3.8) is 0 Å². The first-order valence-electron chi connectivity index (χ1n) is 9.04. The fourth-order valence-electron chi connectivity index (χ4n) is 2.58. The third-order valence-electron chi connectivity index (χ3n) is 4.08. The van der Waals surface area contributed by atoms with Gasteiger partial charge in [0.05, 0.1) is 0 Å². The summed E-state index contributed by atoms with van der Waals surface area (Å²) in [5.74, 6) is -1.93. The van der Waals surface area contributed by atoms with Gasteiger partial charge in [-0.25, -0.2) is 8.78 Å². The number of hydrogen-bond acceptors (Lipinski definition) is 3. The summed E-state index contributed by atoms with van der Waals surface area (Å²) in [5, 5.41) is 5.22. The summed E-state index contributed by atoms with van der Waals surface area (Å²) in [5.41, 5.74) is 0.525. The highest BCUT2D eigenvalue weighted by Crippen LogP contribution is 2.14. The molecule has 2 amide bonds. The Labute approximate surface area is 168 Å². The fraction of sp³-hybridized carbons (Fsp3) is 0.333. The average molecular weight is 406 g/mol. The van der Waals surface area contributed by atoms with E-state index in [1.165, 1.54) is 11.6 Å². The lowest BCUT2D eigenvalue weighted by Gasteiger charge is -2.22. The average Bonchev–Trinajstić information content (AvgIpc) is 2.66. The molecule has 0 saturated heterocycles. The van der Waals surface area contributed by atoms with Gasteiger partial charge in [0.15, 0.2) is 0 Å². The molecule has 28 heavy (non-hydrogen) atoms. The van der Waals surface area contributed by atoms with Gasteiger partial charge in [-0.3, -0.25) is 9.59 Å². The number of halogens is 2. The molecule has 0 aliphatic heterocycles. The highest BCUT2D eigenvalue weighted by atomic mass is 32.2. The van der Waals surface area contributed by atoms with E-state index in [9.17, 15) is 18.4 Å². The quantitative estimate of drug-likeness (QED) is 0.624. The zero-order valence-electron chi connectivity index (χ0n) is 15.9. The molecular formula is C21H24F2N2O2S. The van der Waals surface area contributed by atoms with Gasteiger partial charge in [-0.15, -0.1) is 0 Å². The smallest absolute Gasteiger partial charge is 0.257 e. The van der Waals surface area contributed by atoms with Crippen LogP contribution in [0.15, 0.2) is 48.5 Å². The number of carbonyl (C=O) groups excluding carboxylic acids is 2. The first-order chi connectivity index (χ1) is 13.4. The minimum absolute atomic E-state index is 0.240. The molecule has 0 spiro atoms. The van der Waals surface area contributed by atoms with Crippen LogP contribution in [0.5, 0.6) is 0 Å². The molecule has 7 heteroatoms. The van der Waals surface area contributed by atoms with Gasteiger partial charge in [-0.2, -0.15) is 11.8 Å². The van der Waals surface area contributed by atoms with E-state index >= 15 is 0 Å². The number of benzene rings is 2. The molecule has 0 aliphatic carbocycles. The number of thioether (sulfide) groups is 1. The molecule has 0 saturated carbocycles. The maximum absolute atomic E-state index is 13.8. The molecule has 0 bridgehead atoms. The normalized spacial score (nSPS) is 11.9. The predicted molar refractivity (Wildman–Crippen MR) is 108 cm³/mol. The van der Waals surface area contributed by atoms with Crippen LogP contribution in [0.4, 0.5) is 8.78 Å². The van der Waals surface area contributed by atoms with Crippen LogP contribution >= 0.6 is 11.8 Å². The number of nitrogens with one attached hydrogen (secondary N) is 2. The van der Waals surface area contributed by atoms with Crippen LogP contribution < -0.4 is 10.6 Å². The van der Waals surface area contributed by atoms with Gasteiger partial charge in [0.25, 0.3) is 5.91 Å². The van der Waals surface area contributed by atoms with Gasteiger partial charge in [0.1, 0.15) is 23.2 Å². The Balaban J connectivity index is 1.85. The lowest BCUT2D eigenvalue weighted by Crippen LogP contribution is -2.50. The van der Waals surface area contributed by atoms with Crippen molar-refractivity contribution in [3.8, 4) is 0 Å². The standard InChI is InChI=1S/C21H24F2N2O2S/c1-14(2)19(25-20(26)18-16(22)9-6-10-17(18)23)21(27)24-11-12-28-13-15-7-4-3-5-8-15/h3-10,14,19H,11-13H2,1-2H3,(H,24,27)(H,25,26)/t19-/m0/s1. The minimum atomic E-state index is -0.960. The van der Waals surface area contributed by atoms with Gasteiger partial charge in [0.2, 0.25) is 5.91 Å². The van der Waals surface area contributed by atoms with Crippen molar-refractivity contribution in [2.45, 2.75) is 25.6 Å². The van der Waals surface area contributed by atoms with Crippen LogP contribution in [-0.2, 0) is 10.5 Å². The summed E-state index contributed by atoms with van der Waals surface area (Å²) in [6.07, 6.45) is 0. The van der Waals surface area contributed by atoms with E-state index in [0.717, 1.165) is 17.9 Å². The molecule has 150 valence electrons. The van der Waals surface area contributed by atoms with E-state index in [1.54, 1.807) is 25.6 Å². The summed E-state index contributed by atoms with van der Waals surface area (Å²) in [6.45, 7) is 3.95. The van der Waals surface area contributed by atoms with Crippen LogP contribution in [-0.4, -0.2) is 30.2 Å². The Hall–Kier alpha value is -2.41. The monoisotopic (exact) mass is 406 g/mol. The SMILES string of the molecule is CC(C)[C@H](NC(=O)c1c(F)cccc1F)C(=O)NCCSCc1ccccc1. The molecule has 2 rings (SSSR count). The van der Waals surface area contributed by atoms with Gasteiger partial charge in [-0.1, -0.05) is 50.2 Å². The highest BCUT2D eigenvalue weighted by Gasteiger charge is 2.26. The first-order valence-corrected chi connectivity index (χ1v) is 10.2. The van der Waals surface area contributed by atoms with Crippen molar-refractivity contribution in [3.05, 3.63) is 71.3 Å². The molecule has 1 atom stereocenters. The van der Waals surface area contributed by atoms with E-state index in [0.29, 0.717) is 12.3 Å². The third kappa shape index (κ3) is 6.34. The summed E-state index contributed by atoms with van der Waals surface area (Å²) in [6, 6.07) is 12.3. The van der Waals surface area contributed by atoms with Crippen molar-refractivity contribution in [1.82, 2.24) is 10.6 Å². The van der Waals surface area contributed by atoms with Crippen LogP contribution in [0, 0.1) is 17.6 Å². The third-order valence-corrected chi connectivity index (χ3v) is 5.11. The lowest BCUT2D eigenvalue weighted by atomic mass is 10.0. The molecule has 0 aromatic heterocycles. The molecule has 0 radical (unpaired) electrons. The maximum atomic E-state index is 13.8. The van der Waals surface area contributed by atoms with Gasteiger partial charge in [0, 0.05) is 18.1 Å². The minimum Gasteiger partial charge on any atom is -0.353 e. The van der Waals surface area contributed by atoms with E-state index < -0.39 is 29.1 Å². The van der Waals surface area contributed by atoms with E-state index in [2.05, 4.69) is 10.6 Å². The zero-order chi connectivity index (χ0) is 20.5. The number of hydrogen-bond donors (Lipinski definition) is 2. The van der Waals surface area contributed by atoms with Crippen molar-refractivity contribution >= 4 is 23.6 Å². The lowest BCUT2D eigenvalue weighted by molar-refractivity contribution is -0.123. The second-order valence-electron chi connectivity index (χ2n) is 6.62. The van der Waals surface area contributed by atoms with E-state index in [-0.39, 0.29) is 11.8 Å². The summed E-state index contributed by atoms with van der Waals surface area (Å²) < 4.78 is 27.6. The molecule has 4 nitrogen and oxygen atoms in total. The van der Waals surface area contributed by atoms with Crippen molar-refractivity contribution in [1.29, 1.82) is 0 Å². The molecular weight excluding hydrogens is 382 g/mol. The zero-order valence-corrected chi connectivity index (χ0v) is 16.7. The largest absolute Gasteiger partial charge is 0.353 e. The van der Waals surface area contributed by atoms with Crippen LogP contribution in [0.3, 0.4) is 0 Å². The molecule has 2 aromatic carbocycles. The van der Waals surface area contributed by atoms with Crippen LogP contribution in [0.2, 0.25) is 0 Å². The number of amides is 2. The second kappa shape index (κ2) is 10.8. The Bertz CT molecular complexity index is 780. The van der Waals surface area contributed by atoms with Gasteiger partial charge < -0.3 is 10.6 Å². The second-order valence-corrected chi connectivity index (χ2v) is 7.73. The number of carbonyl (C=O) groups is 2.